The highest BCUT2D eigenvalue weighted by atomic mass is 19.1. The van der Waals surface area contributed by atoms with Crippen molar-refractivity contribution in [3.8, 4) is 0 Å². The predicted octanol–water partition coefficient (Wildman–Crippen LogP) is 2.17. The van der Waals surface area contributed by atoms with Gasteiger partial charge in [0.25, 0.3) is 0 Å². The van der Waals surface area contributed by atoms with Gasteiger partial charge in [-0.2, -0.15) is 0 Å². The van der Waals surface area contributed by atoms with Crippen molar-refractivity contribution in [2.75, 3.05) is 0 Å². The fraction of sp³-hybridized carbons (Fsp3) is 0.125. The number of carbonyl (C=O) groups excluding carboxylic acids is 1. The van der Waals surface area contributed by atoms with E-state index in [1.165, 1.54) is 6.08 Å². The van der Waals surface area contributed by atoms with Crippen molar-refractivity contribution in [3.05, 3.63) is 36.2 Å². The Labute approximate surface area is 59.6 Å². The van der Waals surface area contributed by atoms with Crippen LogP contribution in [0.3, 0.4) is 0 Å². The summed E-state index contributed by atoms with van der Waals surface area (Å²) < 4.78 is 11.9. The van der Waals surface area contributed by atoms with Gasteiger partial charge >= 0.3 is 0 Å². The van der Waals surface area contributed by atoms with E-state index in [2.05, 4.69) is 6.58 Å². The number of rotatable bonds is 3. The molecule has 0 aliphatic heterocycles. The van der Waals surface area contributed by atoms with E-state index in [4.69, 9.17) is 0 Å². The Bertz CT molecular complexity index is 189. The molecule has 0 heterocycles. The van der Waals surface area contributed by atoms with E-state index < -0.39 is 5.83 Å². The average molecular weight is 140 g/mol. The van der Waals surface area contributed by atoms with Crippen molar-refractivity contribution < 1.29 is 9.18 Å². The van der Waals surface area contributed by atoms with Crippen molar-refractivity contribution in [3.63, 3.8) is 0 Å². The number of carbonyl (C=O) groups is 1. The van der Waals surface area contributed by atoms with E-state index in [1.54, 1.807) is 13.0 Å². The van der Waals surface area contributed by atoms with Crippen LogP contribution >= 0.6 is 0 Å². The molecule has 0 spiro atoms. The summed E-state index contributed by atoms with van der Waals surface area (Å²) in [6.07, 6.45) is 4.75. The molecule has 0 saturated heterocycles. The van der Waals surface area contributed by atoms with E-state index in [9.17, 15) is 9.18 Å². The molecule has 0 atom stereocenters. The molecule has 0 unspecified atom stereocenters. The van der Waals surface area contributed by atoms with Gasteiger partial charge in [-0.3, -0.25) is 4.79 Å². The van der Waals surface area contributed by atoms with Gasteiger partial charge in [-0.1, -0.05) is 12.7 Å². The number of aldehydes is 1. The molecule has 0 aromatic rings. The normalized spacial score (nSPS) is 12.0. The first-order chi connectivity index (χ1) is 4.70. The molecule has 0 bridgehead atoms. The molecule has 0 amide bonds. The van der Waals surface area contributed by atoms with Crippen molar-refractivity contribution in [1.82, 2.24) is 0 Å². The van der Waals surface area contributed by atoms with Crippen molar-refractivity contribution in [2.45, 2.75) is 6.92 Å². The summed E-state index contributed by atoms with van der Waals surface area (Å²) in [6.45, 7) is 4.70. The van der Waals surface area contributed by atoms with Gasteiger partial charge in [-0.15, -0.1) is 0 Å². The lowest BCUT2D eigenvalue weighted by atomic mass is 10.2. The first kappa shape index (κ1) is 8.82. The molecule has 1 nitrogen and oxygen atoms in total. The first-order valence-electron chi connectivity index (χ1n) is 2.84. The summed E-state index contributed by atoms with van der Waals surface area (Å²) in [4.78, 5) is 10.1. The van der Waals surface area contributed by atoms with Gasteiger partial charge in [0.15, 0.2) is 0 Å². The predicted molar refractivity (Wildman–Crippen MR) is 39.2 cm³/mol. The molecular weight excluding hydrogens is 131 g/mol. The molecule has 0 aromatic heterocycles. The molecular formula is C8H9FO. The second kappa shape index (κ2) is 4.68. The average Bonchev–Trinajstić information content (AvgIpc) is 1.90. The summed E-state index contributed by atoms with van der Waals surface area (Å²) in [7, 11) is 0. The van der Waals surface area contributed by atoms with Crippen molar-refractivity contribution in [1.29, 1.82) is 0 Å². The van der Waals surface area contributed by atoms with Gasteiger partial charge in [0.1, 0.15) is 12.1 Å². The van der Waals surface area contributed by atoms with Crippen LogP contribution < -0.4 is 0 Å². The summed E-state index contributed by atoms with van der Waals surface area (Å²) in [5, 5.41) is 0. The number of hydrogen-bond acceptors (Lipinski definition) is 1. The standard InChI is InChI=1S/C8H9FO/c1-3-8(6-10)5-4-7(2)9/h3-6H,2H2,1H3/b5-4-,8-3?. The number of halogens is 1. The molecule has 0 fully saturated rings. The molecule has 10 heavy (non-hydrogen) atoms. The van der Waals surface area contributed by atoms with Crippen LogP contribution in [0.15, 0.2) is 36.2 Å². The zero-order valence-corrected chi connectivity index (χ0v) is 5.80. The third kappa shape index (κ3) is 3.78. The summed E-state index contributed by atoms with van der Waals surface area (Å²) in [5.41, 5.74) is 0.443. The Morgan fingerprint density at radius 3 is 2.40 bits per heavy atom. The molecule has 0 radical (unpaired) electrons. The lowest BCUT2D eigenvalue weighted by Gasteiger charge is -1.84. The summed E-state index contributed by atoms with van der Waals surface area (Å²) >= 11 is 0. The topological polar surface area (TPSA) is 17.1 Å². The van der Waals surface area contributed by atoms with Gasteiger partial charge in [-0.05, 0) is 19.1 Å². The van der Waals surface area contributed by atoms with E-state index in [1.807, 2.05) is 0 Å². The second-order valence-corrected chi connectivity index (χ2v) is 1.69. The zero-order chi connectivity index (χ0) is 7.98. The SMILES string of the molecule is C=C(F)/C=C\C(C=O)=CC. The van der Waals surface area contributed by atoms with Gasteiger partial charge in [0.05, 0.1) is 0 Å². The molecule has 0 aliphatic rings. The molecule has 2 heteroatoms. The maximum absolute atomic E-state index is 11.9. The number of allylic oxidation sites excluding steroid dienone is 5. The largest absolute Gasteiger partial charge is 0.298 e. The maximum Gasteiger partial charge on any atom is 0.149 e. The molecule has 0 N–H and O–H groups in total. The monoisotopic (exact) mass is 140 g/mol. The minimum Gasteiger partial charge on any atom is -0.298 e. The fourth-order valence-corrected chi connectivity index (χ4v) is 0.390. The van der Waals surface area contributed by atoms with E-state index in [0.29, 0.717) is 11.9 Å². The quantitative estimate of drug-likeness (QED) is 0.333. The highest BCUT2D eigenvalue weighted by molar-refractivity contribution is 5.77. The fourth-order valence-electron chi connectivity index (χ4n) is 0.390. The van der Waals surface area contributed by atoms with Crippen LogP contribution in [-0.4, -0.2) is 6.29 Å². The summed E-state index contributed by atoms with van der Waals surface area (Å²) in [6, 6.07) is 0. The van der Waals surface area contributed by atoms with Crippen LogP contribution in [-0.2, 0) is 4.79 Å². The molecule has 54 valence electrons. The Morgan fingerprint density at radius 2 is 2.10 bits per heavy atom. The molecule has 0 rings (SSSR count). The molecule has 0 saturated carbocycles. The Balaban J connectivity index is 4.11. The lowest BCUT2D eigenvalue weighted by molar-refractivity contribution is -0.104. The highest BCUT2D eigenvalue weighted by Crippen LogP contribution is 1.97. The van der Waals surface area contributed by atoms with Gasteiger partial charge in [0, 0.05) is 5.57 Å². The lowest BCUT2D eigenvalue weighted by Crippen LogP contribution is -1.76. The van der Waals surface area contributed by atoms with Crippen LogP contribution in [0.4, 0.5) is 4.39 Å². The van der Waals surface area contributed by atoms with Crippen LogP contribution in [0, 0.1) is 0 Å². The van der Waals surface area contributed by atoms with Gasteiger partial charge < -0.3 is 0 Å². The first-order valence-corrected chi connectivity index (χ1v) is 2.84. The molecule has 0 aromatic carbocycles. The summed E-state index contributed by atoms with van der Waals surface area (Å²) in [5.74, 6) is -0.554. The van der Waals surface area contributed by atoms with Crippen molar-refractivity contribution in [2.24, 2.45) is 0 Å². The smallest absolute Gasteiger partial charge is 0.149 e. The second-order valence-electron chi connectivity index (χ2n) is 1.69. The van der Waals surface area contributed by atoms with E-state index in [0.717, 1.165) is 6.08 Å². The highest BCUT2D eigenvalue weighted by Gasteiger charge is 1.84. The van der Waals surface area contributed by atoms with Gasteiger partial charge in [0.2, 0.25) is 0 Å². The van der Waals surface area contributed by atoms with Crippen LogP contribution in [0.1, 0.15) is 6.92 Å². The third-order valence-corrected chi connectivity index (χ3v) is 0.926. The Hall–Kier alpha value is -1.18. The van der Waals surface area contributed by atoms with Crippen molar-refractivity contribution >= 4 is 6.29 Å². The van der Waals surface area contributed by atoms with Gasteiger partial charge in [-0.25, -0.2) is 4.39 Å². The third-order valence-electron chi connectivity index (χ3n) is 0.926. The van der Waals surface area contributed by atoms with E-state index in [-0.39, 0.29) is 0 Å². The Kier molecular flexibility index (Phi) is 4.12. The van der Waals surface area contributed by atoms with Crippen LogP contribution in [0.2, 0.25) is 0 Å². The molecule has 0 aliphatic carbocycles. The van der Waals surface area contributed by atoms with Crippen LogP contribution in [0.5, 0.6) is 0 Å². The Morgan fingerprint density at radius 1 is 1.50 bits per heavy atom. The number of hydrogen-bond donors (Lipinski definition) is 0. The maximum atomic E-state index is 11.9. The minimum absolute atomic E-state index is 0.443. The minimum atomic E-state index is -0.554. The zero-order valence-electron chi connectivity index (χ0n) is 5.80. The van der Waals surface area contributed by atoms with E-state index >= 15 is 0 Å². The van der Waals surface area contributed by atoms with Crippen LogP contribution in [0.25, 0.3) is 0 Å².